The van der Waals surface area contributed by atoms with E-state index in [0.29, 0.717) is 5.92 Å². The molecule has 0 bridgehead atoms. The summed E-state index contributed by atoms with van der Waals surface area (Å²) >= 11 is 0. The minimum atomic E-state index is 0.668. The Morgan fingerprint density at radius 3 is 2.94 bits per heavy atom. The van der Waals surface area contributed by atoms with E-state index in [1.807, 2.05) is 0 Å². The second-order valence-electron chi connectivity index (χ2n) is 4.13. The number of fused-ring (bicyclic) bond motifs is 1. The van der Waals surface area contributed by atoms with Gasteiger partial charge in [0.15, 0.2) is 5.65 Å². The van der Waals surface area contributed by atoms with E-state index in [1.165, 1.54) is 18.5 Å². The van der Waals surface area contributed by atoms with Crippen LogP contribution in [-0.2, 0) is 0 Å². The van der Waals surface area contributed by atoms with Gasteiger partial charge in [0, 0.05) is 18.2 Å². The third-order valence-corrected chi connectivity index (χ3v) is 2.86. The van der Waals surface area contributed by atoms with Crippen LogP contribution < -0.4 is 5.32 Å². The molecule has 0 spiro atoms. The molecule has 2 heterocycles. The van der Waals surface area contributed by atoms with Gasteiger partial charge in [-0.05, 0) is 31.9 Å². The molecule has 1 N–H and O–H groups in total. The van der Waals surface area contributed by atoms with Crippen molar-refractivity contribution in [3.63, 3.8) is 0 Å². The van der Waals surface area contributed by atoms with Crippen LogP contribution in [0, 0.1) is 0 Å². The van der Waals surface area contributed by atoms with Crippen LogP contribution in [0.25, 0.3) is 11.0 Å². The Bertz CT molecular complexity index is 519. The third kappa shape index (κ3) is 1.60. The summed E-state index contributed by atoms with van der Waals surface area (Å²) in [5.41, 5.74) is 1.98. The number of nitrogens with zero attached hydrogens (tertiary/aromatic N) is 3. The minimum Gasteiger partial charge on any atom is -0.370 e. The summed E-state index contributed by atoms with van der Waals surface area (Å²) in [5.74, 6) is 1.55. The summed E-state index contributed by atoms with van der Waals surface area (Å²) < 4.78 is 0. The number of aromatic nitrogens is 3. The molecule has 4 heteroatoms. The van der Waals surface area contributed by atoms with Crippen LogP contribution in [-0.4, -0.2) is 21.5 Å². The molecule has 2 aromatic heterocycles. The van der Waals surface area contributed by atoms with Crippen molar-refractivity contribution >= 4 is 16.9 Å². The summed E-state index contributed by atoms with van der Waals surface area (Å²) in [5, 5.41) is 4.23. The van der Waals surface area contributed by atoms with Gasteiger partial charge in [0.05, 0.1) is 5.39 Å². The standard InChI is InChI=1S/C12H14N4/c1-2-13-11-9-5-6-10(8-3-4-8)16-12(9)15-7-14-11/h5-8H,2-4H2,1H3,(H,13,14,15,16). The molecule has 0 atom stereocenters. The Balaban J connectivity index is 2.10. The lowest BCUT2D eigenvalue weighted by Crippen LogP contribution is -2.01. The molecule has 0 unspecified atom stereocenters. The molecule has 0 aliphatic heterocycles. The predicted molar refractivity (Wildman–Crippen MR) is 63.5 cm³/mol. The molecular formula is C12H14N4. The second-order valence-corrected chi connectivity index (χ2v) is 4.13. The molecule has 1 aliphatic carbocycles. The van der Waals surface area contributed by atoms with Gasteiger partial charge in [-0.15, -0.1) is 0 Å². The summed E-state index contributed by atoms with van der Waals surface area (Å²) in [6, 6.07) is 4.18. The van der Waals surface area contributed by atoms with Gasteiger partial charge < -0.3 is 5.32 Å². The van der Waals surface area contributed by atoms with Gasteiger partial charge in [0.25, 0.3) is 0 Å². The zero-order valence-electron chi connectivity index (χ0n) is 9.27. The molecule has 16 heavy (non-hydrogen) atoms. The van der Waals surface area contributed by atoms with E-state index in [1.54, 1.807) is 6.33 Å². The van der Waals surface area contributed by atoms with Crippen molar-refractivity contribution in [2.24, 2.45) is 0 Å². The van der Waals surface area contributed by atoms with E-state index in [9.17, 15) is 0 Å². The van der Waals surface area contributed by atoms with Crippen LogP contribution in [0.3, 0.4) is 0 Å². The Labute approximate surface area is 94.1 Å². The first-order valence-corrected chi connectivity index (χ1v) is 5.74. The van der Waals surface area contributed by atoms with Gasteiger partial charge in [-0.25, -0.2) is 15.0 Å². The molecular weight excluding hydrogens is 200 g/mol. The molecule has 0 saturated heterocycles. The lowest BCUT2D eigenvalue weighted by atomic mass is 10.2. The van der Waals surface area contributed by atoms with Crippen molar-refractivity contribution in [2.75, 3.05) is 11.9 Å². The van der Waals surface area contributed by atoms with Gasteiger partial charge in [-0.2, -0.15) is 0 Å². The van der Waals surface area contributed by atoms with E-state index in [4.69, 9.17) is 0 Å². The topological polar surface area (TPSA) is 50.7 Å². The summed E-state index contributed by atoms with van der Waals surface area (Å²) in [6.45, 7) is 2.91. The number of anilines is 1. The summed E-state index contributed by atoms with van der Waals surface area (Å²) in [7, 11) is 0. The number of nitrogens with one attached hydrogen (secondary N) is 1. The Hall–Kier alpha value is -1.71. The second kappa shape index (κ2) is 3.70. The van der Waals surface area contributed by atoms with E-state index in [-0.39, 0.29) is 0 Å². The normalized spacial score (nSPS) is 15.3. The first-order chi connectivity index (χ1) is 7.88. The number of rotatable bonds is 3. The summed E-state index contributed by atoms with van der Waals surface area (Å²) in [4.78, 5) is 13.0. The molecule has 1 fully saturated rings. The predicted octanol–water partition coefficient (Wildman–Crippen LogP) is 2.33. The maximum Gasteiger partial charge on any atom is 0.164 e. The Morgan fingerprint density at radius 1 is 1.31 bits per heavy atom. The van der Waals surface area contributed by atoms with Crippen LogP contribution >= 0.6 is 0 Å². The fourth-order valence-electron chi connectivity index (χ4n) is 1.87. The molecule has 0 aromatic carbocycles. The van der Waals surface area contributed by atoms with Gasteiger partial charge in [0.1, 0.15) is 12.1 Å². The fourth-order valence-corrected chi connectivity index (χ4v) is 1.87. The third-order valence-electron chi connectivity index (χ3n) is 2.86. The van der Waals surface area contributed by atoms with Gasteiger partial charge in [-0.3, -0.25) is 0 Å². The fraction of sp³-hybridized carbons (Fsp3) is 0.417. The van der Waals surface area contributed by atoms with E-state index in [0.717, 1.165) is 23.4 Å². The SMILES string of the molecule is CCNc1ncnc2nc(C3CC3)ccc12. The molecule has 0 amide bonds. The number of hydrogen-bond acceptors (Lipinski definition) is 4. The van der Waals surface area contributed by atoms with Crippen LogP contribution in [0.4, 0.5) is 5.82 Å². The highest BCUT2D eigenvalue weighted by Gasteiger charge is 2.25. The lowest BCUT2D eigenvalue weighted by Gasteiger charge is -2.06. The largest absolute Gasteiger partial charge is 0.370 e. The first-order valence-electron chi connectivity index (χ1n) is 5.74. The van der Waals surface area contributed by atoms with E-state index in [2.05, 4.69) is 39.3 Å². The lowest BCUT2D eigenvalue weighted by molar-refractivity contribution is 1.02. The molecule has 0 radical (unpaired) electrons. The number of hydrogen-bond donors (Lipinski definition) is 1. The monoisotopic (exact) mass is 214 g/mol. The quantitative estimate of drug-likeness (QED) is 0.852. The molecule has 1 aliphatic rings. The zero-order valence-corrected chi connectivity index (χ0v) is 9.27. The summed E-state index contributed by atoms with van der Waals surface area (Å²) in [6.07, 6.45) is 4.11. The molecule has 82 valence electrons. The van der Waals surface area contributed by atoms with Crippen LogP contribution in [0.5, 0.6) is 0 Å². The van der Waals surface area contributed by atoms with Crippen LogP contribution in [0.15, 0.2) is 18.5 Å². The van der Waals surface area contributed by atoms with E-state index >= 15 is 0 Å². The van der Waals surface area contributed by atoms with Crippen LogP contribution in [0.1, 0.15) is 31.4 Å². The van der Waals surface area contributed by atoms with Crippen molar-refractivity contribution in [2.45, 2.75) is 25.7 Å². The minimum absolute atomic E-state index is 0.668. The average Bonchev–Trinajstić information content (AvgIpc) is 3.13. The Morgan fingerprint density at radius 2 is 2.19 bits per heavy atom. The smallest absolute Gasteiger partial charge is 0.164 e. The van der Waals surface area contributed by atoms with Crippen molar-refractivity contribution < 1.29 is 0 Å². The zero-order chi connectivity index (χ0) is 11.0. The van der Waals surface area contributed by atoms with Crippen molar-refractivity contribution in [3.05, 3.63) is 24.2 Å². The molecule has 4 nitrogen and oxygen atoms in total. The first kappa shape index (κ1) is 9.51. The highest BCUT2D eigenvalue weighted by atomic mass is 15.0. The Kier molecular flexibility index (Phi) is 2.20. The molecule has 2 aromatic rings. The maximum atomic E-state index is 4.59. The number of pyridine rings is 1. The average molecular weight is 214 g/mol. The van der Waals surface area contributed by atoms with Gasteiger partial charge >= 0.3 is 0 Å². The van der Waals surface area contributed by atoms with Gasteiger partial charge in [0.2, 0.25) is 0 Å². The van der Waals surface area contributed by atoms with Crippen LogP contribution in [0.2, 0.25) is 0 Å². The van der Waals surface area contributed by atoms with Gasteiger partial charge in [-0.1, -0.05) is 0 Å². The van der Waals surface area contributed by atoms with Crippen molar-refractivity contribution in [1.29, 1.82) is 0 Å². The molecule has 3 rings (SSSR count). The maximum absolute atomic E-state index is 4.59. The van der Waals surface area contributed by atoms with Crippen molar-refractivity contribution in [3.8, 4) is 0 Å². The molecule has 1 saturated carbocycles. The van der Waals surface area contributed by atoms with E-state index < -0.39 is 0 Å². The highest BCUT2D eigenvalue weighted by molar-refractivity contribution is 5.86. The highest BCUT2D eigenvalue weighted by Crippen LogP contribution is 2.39. The van der Waals surface area contributed by atoms with Crippen molar-refractivity contribution in [1.82, 2.24) is 15.0 Å².